The van der Waals surface area contributed by atoms with E-state index in [2.05, 4.69) is 10.6 Å². The van der Waals surface area contributed by atoms with Crippen LogP contribution in [0.15, 0.2) is 42.5 Å². The van der Waals surface area contributed by atoms with Gasteiger partial charge in [0.25, 0.3) is 0 Å². The van der Waals surface area contributed by atoms with Gasteiger partial charge in [0.2, 0.25) is 0 Å². The zero-order valence-electron chi connectivity index (χ0n) is 15.9. The van der Waals surface area contributed by atoms with Crippen molar-refractivity contribution in [2.45, 2.75) is 26.5 Å². The number of methoxy groups -OCH3 is 2. The zero-order chi connectivity index (χ0) is 19.8. The number of amides is 2. The molecule has 0 bridgehead atoms. The Hall–Kier alpha value is -3.22. The first-order valence-corrected chi connectivity index (χ1v) is 8.49. The lowest BCUT2D eigenvalue weighted by Gasteiger charge is -2.11. The van der Waals surface area contributed by atoms with E-state index in [1.54, 1.807) is 49.6 Å². The van der Waals surface area contributed by atoms with Crippen LogP contribution in [0.2, 0.25) is 0 Å². The summed E-state index contributed by atoms with van der Waals surface area (Å²) < 4.78 is 15.9. The van der Waals surface area contributed by atoms with Crippen LogP contribution in [0.5, 0.6) is 17.2 Å². The van der Waals surface area contributed by atoms with Gasteiger partial charge in [-0.3, -0.25) is 9.59 Å². The van der Waals surface area contributed by atoms with Crippen LogP contribution >= 0.6 is 0 Å². The highest BCUT2D eigenvalue weighted by Gasteiger charge is 2.14. The van der Waals surface area contributed by atoms with Crippen molar-refractivity contribution in [3.63, 3.8) is 0 Å². The van der Waals surface area contributed by atoms with E-state index in [4.69, 9.17) is 14.2 Å². The number of anilines is 1. The molecule has 0 heterocycles. The van der Waals surface area contributed by atoms with Gasteiger partial charge in [-0.15, -0.1) is 0 Å². The normalized spacial score (nSPS) is 10.3. The molecule has 0 fully saturated rings. The molecule has 0 unspecified atom stereocenters. The molecule has 2 amide bonds. The molecule has 144 valence electrons. The fourth-order valence-corrected chi connectivity index (χ4v) is 2.33. The molecule has 0 atom stereocenters. The first-order chi connectivity index (χ1) is 12.9. The Morgan fingerprint density at radius 1 is 0.926 bits per heavy atom. The Morgan fingerprint density at radius 2 is 1.59 bits per heavy atom. The van der Waals surface area contributed by atoms with Gasteiger partial charge in [-0.25, -0.2) is 0 Å². The highest BCUT2D eigenvalue weighted by molar-refractivity contribution is 6.39. The van der Waals surface area contributed by atoms with E-state index in [9.17, 15) is 9.59 Å². The molecule has 0 aliphatic carbocycles. The molecular formula is C20H24N2O5. The predicted molar refractivity (Wildman–Crippen MR) is 102 cm³/mol. The van der Waals surface area contributed by atoms with Crippen molar-refractivity contribution < 1.29 is 23.8 Å². The van der Waals surface area contributed by atoms with Crippen molar-refractivity contribution in [2.24, 2.45) is 0 Å². The van der Waals surface area contributed by atoms with Crippen LogP contribution in [0.25, 0.3) is 0 Å². The van der Waals surface area contributed by atoms with Crippen LogP contribution < -0.4 is 24.8 Å². The lowest BCUT2D eigenvalue weighted by Crippen LogP contribution is -2.34. The third kappa shape index (κ3) is 5.91. The summed E-state index contributed by atoms with van der Waals surface area (Å²) in [5.74, 6) is 0.369. The minimum atomic E-state index is -0.743. The number of ether oxygens (including phenoxy) is 3. The first-order valence-electron chi connectivity index (χ1n) is 8.49. The van der Waals surface area contributed by atoms with Crippen molar-refractivity contribution in [3.8, 4) is 17.2 Å². The summed E-state index contributed by atoms with van der Waals surface area (Å²) in [5.41, 5.74) is 1.29. The SMILES string of the molecule is COc1ccc(CNC(=O)C(=O)Nc2ccc(OC(C)C)cc2)cc1OC. The quantitative estimate of drug-likeness (QED) is 0.730. The van der Waals surface area contributed by atoms with Crippen molar-refractivity contribution in [2.75, 3.05) is 19.5 Å². The maximum atomic E-state index is 12.0. The fourth-order valence-electron chi connectivity index (χ4n) is 2.33. The number of hydrogen-bond acceptors (Lipinski definition) is 5. The third-order valence-corrected chi connectivity index (χ3v) is 3.59. The van der Waals surface area contributed by atoms with E-state index >= 15 is 0 Å². The summed E-state index contributed by atoms with van der Waals surface area (Å²) in [6.07, 6.45) is 0.0628. The molecular weight excluding hydrogens is 348 g/mol. The van der Waals surface area contributed by atoms with Gasteiger partial charge in [-0.1, -0.05) is 6.07 Å². The summed E-state index contributed by atoms with van der Waals surface area (Å²) >= 11 is 0. The zero-order valence-corrected chi connectivity index (χ0v) is 15.9. The minimum Gasteiger partial charge on any atom is -0.493 e. The molecule has 0 aliphatic rings. The highest BCUT2D eigenvalue weighted by atomic mass is 16.5. The van der Waals surface area contributed by atoms with Gasteiger partial charge >= 0.3 is 11.8 Å². The van der Waals surface area contributed by atoms with Crippen LogP contribution in [-0.4, -0.2) is 32.1 Å². The van der Waals surface area contributed by atoms with Crippen molar-refractivity contribution in [1.29, 1.82) is 0 Å². The lowest BCUT2D eigenvalue weighted by molar-refractivity contribution is -0.136. The molecule has 2 rings (SSSR count). The first kappa shape index (κ1) is 20.1. The number of carbonyl (C=O) groups excluding carboxylic acids is 2. The van der Waals surface area contributed by atoms with E-state index < -0.39 is 11.8 Å². The second kappa shape index (κ2) is 9.47. The molecule has 0 saturated heterocycles. The smallest absolute Gasteiger partial charge is 0.313 e. The van der Waals surface area contributed by atoms with E-state index in [0.717, 1.165) is 5.56 Å². The Labute approximate surface area is 158 Å². The molecule has 0 saturated carbocycles. The second-order valence-electron chi connectivity index (χ2n) is 6.02. The summed E-state index contributed by atoms with van der Waals surface area (Å²) in [7, 11) is 3.08. The second-order valence-corrected chi connectivity index (χ2v) is 6.02. The fraction of sp³-hybridized carbons (Fsp3) is 0.300. The topological polar surface area (TPSA) is 85.9 Å². The van der Waals surface area contributed by atoms with Gasteiger partial charge in [-0.2, -0.15) is 0 Å². The number of hydrogen-bond donors (Lipinski definition) is 2. The molecule has 0 aliphatic heterocycles. The van der Waals surface area contributed by atoms with Crippen molar-refractivity contribution in [1.82, 2.24) is 5.32 Å². The van der Waals surface area contributed by atoms with Crippen LogP contribution in [0.3, 0.4) is 0 Å². The Bertz CT molecular complexity index is 787. The van der Waals surface area contributed by atoms with Crippen LogP contribution in [0.4, 0.5) is 5.69 Å². The maximum Gasteiger partial charge on any atom is 0.313 e. The average molecular weight is 372 g/mol. The maximum absolute atomic E-state index is 12.0. The number of rotatable bonds is 7. The summed E-state index contributed by atoms with van der Waals surface area (Å²) in [6, 6.07) is 12.1. The molecule has 2 aromatic rings. The highest BCUT2D eigenvalue weighted by Crippen LogP contribution is 2.27. The van der Waals surface area contributed by atoms with E-state index in [-0.39, 0.29) is 12.6 Å². The van der Waals surface area contributed by atoms with E-state index in [0.29, 0.717) is 22.9 Å². The number of benzene rings is 2. The Kier molecular flexibility index (Phi) is 7.05. The number of carbonyl (C=O) groups is 2. The molecule has 2 aromatic carbocycles. The Balaban J connectivity index is 1.89. The van der Waals surface area contributed by atoms with Gasteiger partial charge in [-0.05, 0) is 55.8 Å². The summed E-state index contributed by atoms with van der Waals surface area (Å²) in [5, 5.41) is 5.12. The van der Waals surface area contributed by atoms with Gasteiger partial charge in [0.15, 0.2) is 11.5 Å². The van der Waals surface area contributed by atoms with E-state index in [1.165, 1.54) is 7.11 Å². The minimum absolute atomic E-state index is 0.0628. The van der Waals surface area contributed by atoms with Gasteiger partial charge < -0.3 is 24.8 Å². The summed E-state index contributed by atoms with van der Waals surface area (Å²) in [6.45, 7) is 4.05. The summed E-state index contributed by atoms with van der Waals surface area (Å²) in [4.78, 5) is 24.0. The van der Waals surface area contributed by atoms with Crippen molar-refractivity contribution in [3.05, 3.63) is 48.0 Å². The molecule has 7 heteroatoms. The third-order valence-electron chi connectivity index (χ3n) is 3.59. The van der Waals surface area contributed by atoms with Gasteiger partial charge in [0.1, 0.15) is 5.75 Å². The predicted octanol–water partition coefficient (Wildman–Crippen LogP) is 2.75. The monoisotopic (exact) mass is 372 g/mol. The largest absolute Gasteiger partial charge is 0.493 e. The Morgan fingerprint density at radius 3 is 2.19 bits per heavy atom. The van der Waals surface area contributed by atoms with Crippen LogP contribution in [-0.2, 0) is 16.1 Å². The van der Waals surface area contributed by atoms with E-state index in [1.807, 2.05) is 13.8 Å². The molecule has 7 nitrogen and oxygen atoms in total. The standard InChI is InChI=1S/C20H24N2O5/c1-13(2)27-16-8-6-15(7-9-16)22-20(24)19(23)21-12-14-5-10-17(25-3)18(11-14)26-4/h5-11,13H,12H2,1-4H3,(H,21,23)(H,22,24). The molecule has 2 N–H and O–H groups in total. The van der Waals surface area contributed by atoms with Crippen LogP contribution in [0.1, 0.15) is 19.4 Å². The van der Waals surface area contributed by atoms with Crippen LogP contribution in [0, 0.1) is 0 Å². The molecule has 0 aromatic heterocycles. The van der Waals surface area contributed by atoms with Gasteiger partial charge in [0.05, 0.1) is 20.3 Å². The lowest BCUT2D eigenvalue weighted by atomic mass is 10.2. The number of nitrogens with one attached hydrogen (secondary N) is 2. The van der Waals surface area contributed by atoms with Gasteiger partial charge in [0, 0.05) is 12.2 Å². The molecule has 0 radical (unpaired) electrons. The molecule has 27 heavy (non-hydrogen) atoms. The average Bonchev–Trinajstić information content (AvgIpc) is 2.66. The molecule has 0 spiro atoms. The van der Waals surface area contributed by atoms with Crippen molar-refractivity contribution >= 4 is 17.5 Å².